The van der Waals surface area contributed by atoms with Crippen LogP contribution in [0.5, 0.6) is 0 Å². The molecule has 0 aliphatic heterocycles. The third kappa shape index (κ3) is 5.29. The second-order valence-electron chi connectivity index (χ2n) is 6.52. The van der Waals surface area contributed by atoms with Gasteiger partial charge in [-0.25, -0.2) is 4.39 Å². The van der Waals surface area contributed by atoms with Crippen LogP contribution in [0.1, 0.15) is 17.2 Å². The third-order valence-electron chi connectivity index (χ3n) is 4.09. The summed E-state index contributed by atoms with van der Waals surface area (Å²) in [5.41, 5.74) is 2.96. The molecule has 0 saturated heterocycles. The number of amides is 1. The second-order valence-corrected chi connectivity index (χ2v) is 6.52. The first-order chi connectivity index (χ1) is 11.9. The van der Waals surface area contributed by atoms with Crippen LogP contribution in [-0.2, 0) is 11.2 Å². The molecule has 2 rings (SSSR count). The van der Waals surface area contributed by atoms with Crippen molar-refractivity contribution in [2.45, 2.75) is 12.5 Å². The largest absolute Gasteiger partial charge is 0.378 e. The molecule has 2 aromatic carbocycles. The normalized spacial score (nSPS) is 12.1. The van der Waals surface area contributed by atoms with Gasteiger partial charge in [-0.3, -0.25) is 9.69 Å². The van der Waals surface area contributed by atoms with Crippen molar-refractivity contribution in [3.8, 4) is 0 Å². The summed E-state index contributed by atoms with van der Waals surface area (Å²) < 4.78 is 13.5. The number of hydrogen-bond donors (Lipinski definition) is 1. The van der Waals surface area contributed by atoms with Gasteiger partial charge in [-0.05, 0) is 55.9 Å². The predicted molar refractivity (Wildman–Crippen MR) is 100 cm³/mol. The van der Waals surface area contributed by atoms with E-state index in [9.17, 15) is 9.18 Å². The van der Waals surface area contributed by atoms with E-state index in [0.717, 1.165) is 17.7 Å². The molecule has 0 radical (unpaired) electrons. The fraction of sp³-hybridized carbons (Fsp3) is 0.350. The van der Waals surface area contributed by atoms with E-state index in [1.54, 1.807) is 17.0 Å². The molecule has 0 aliphatic rings. The minimum absolute atomic E-state index is 0.125. The average Bonchev–Trinajstić information content (AvgIpc) is 2.55. The van der Waals surface area contributed by atoms with Crippen molar-refractivity contribution in [1.29, 1.82) is 0 Å². The number of rotatable bonds is 7. The third-order valence-corrected chi connectivity index (χ3v) is 4.09. The first-order valence-electron chi connectivity index (χ1n) is 8.34. The van der Waals surface area contributed by atoms with Crippen LogP contribution in [-0.4, -0.2) is 45.5 Å². The van der Waals surface area contributed by atoms with Crippen LogP contribution in [0.15, 0.2) is 48.5 Å². The lowest BCUT2D eigenvalue weighted by Gasteiger charge is -2.24. The molecule has 1 atom stereocenters. The standard InChI is InChI=1S/C20H26FN3O/c1-23(2)18-10-8-15(9-11-18)12-13-22-20(25)19(24(3)4)16-6-5-7-17(21)14-16/h5-11,14,19H,12-13H2,1-4H3,(H,22,25). The van der Waals surface area contributed by atoms with E-state index in [0.29, 0.717) is 12.1 Å². The number of halogens is 1. The molecule has 5 heteroatoms. The zero-order valence-corrected chi connectivity index (χ0v) is 15.3. The Morgan fingerprint density at radius 1 is 1.08 bits per heavy atom. The summed E-state index contributed by atoms with van der Waals surface area (Å²) in [6.45, 7) is 0.541. The topological polar surface area (TPSA) is 35.6 Å². The van der Waals surface area contributed by atoms with Gasteiger partial charge in [-0.2, -0.15) is 0 Å². The molecule has 4 nitrogen and oxygen atoms in total. The molecule has 2 aromatic rings. The molecular formula is C20H26FN3O. The van der Waals surface area contributed by atoms with Crippen LogP contribution < -0.4 is 10.2 Å². The van der Waals surface area contributed by atoms with Gasteiger partial charge in [-0.1, -0.05) is 24.3 Å². The van der Waals surface area contributed by atoms with Crippen molar-refractivity contribution >= 4 is 11.6 Å². The first-order valence-corrected chi connectivity index (χ1v) is 8.34. The van der Waals surface area contributed by atoms with Crippen molar-refractivity contribution < 1.29 is 9.18 Å². The van der Waals surface area contributed by atoms with E-state index < -0.39 is 6.04 Å². The summed E-state index contributed by atoms with van der Waals surface area (Å²) in [6.07, 6.45) is 0.753. The maximum atomic E-state index is 13.5. The second kappa shape index (κ2) is 8.62. The van der Waals surface area contributed by atoms with Crippen molar-refractivity contribution in [2.24, 2.45) is 0 Å². The number of likely N-dealkylation sites (N-methyl/N-ethyl adjacent to an activating group) is 1. The molecule has 25 heavy (non-hydrogen) atoms. The van der Waals surface area contributed by atoms with E-state index in [1.165, 1.54) is 12.1 Å². The van der Waals surface area contributed by atoms with Gasteiger partial charge in [0.05, 0.1) is 0 Å². The zero-order valence-electron chi connectivity index (χ0n) is 15.3. The number of nitrogens with one attached hydrogen (secondary N) is 1. The van der Waals surface area contributed by atoms with Crippen molar-refractivity contribution in [3.63, 3.8) is 0 Å². The summed E-state index contributed by atoms with van der Waals surface area (Å²) >= 11 is 0. The molecular weight excluding hydrogens is 317 g/mol. The highest BCUT2D eigenvalue weighted by molar-refractivity contribution is 5.83. The van der Waals surface area contributed by atoms with Crippen LogP contribution in [0, 0.1) is 5.82 Å². The zero-order chi connectivity index (χ0) is 18.4. The number of hydrogen-bond acceptors (Lipinski definition) is 3. The van der Waals surface area contributed by atoms with E-state index in [4.69, 9.17) is 0 Å². The Bertz CT molecular complexity index is 698. The molecule has 0 saturated carbocycles. The average molecular weight is 343 g/mol. The van der Waals surface area contributed by atoms with Gasteiger partial charge in [-0.15, -0.1) is 0 Å². The van der Waals surface area contributed by atoms with Gasteiger partial charge in [0.2, 0.25) is 5.91 Å². The van der Waals surface area contributed by atoms with Gasteiger partial charge in [0.25, 0.3) is 0 Å². The minimum atomic E-state index is -0.508. The number of carbonyl (C=O) groups excluding carboxylic acids is 1. The molecule has 0 heterocycles. The predicted octanol–water partition coefficient (Wildman–Crippen LogP) is 2.85. The van der Waals surface area contributed by atoms with Gasteiger partial charge >= 0.3 is 0 Å². The highest BCUT2D eigenvalue weighted by Crippen LogP contribution is 2.19. The summed E-state index contributed by atoms with van der Waals surface area (Å²) in [6, 6.07) is 13.9. The lowest BCUT2D eigenvalue weighted by Crippen LogP contribution is -2.38. The molecule has 0 aliphatic carbocycles. The Morgan fingerprint density at radius 3 is 2.32 bits per heavy atom. The van der Waals surface area contributed by atoms with Crippen molar-refractivity contribution in [1.82, 2.24) is 10.2 Å². The van der Waals surface area contributed by atoms with E-state index in [2.05, 4.69) is 29.6 Å². The molecule has 0 fully saturated rings. The Hall–Kier alpha value is -2.40. The quantitative estimate of drug-likeness (QED) is 0.840. The summed E-state index contributed by atoms with van der Waals surface area (Å²) in [4.78, 5) is 16.4. The van der Waals surface area contributed by atoms with Crippen LogP contribution in [0.4, 0.5) is 10.1 Å². The monoisotopic (exact) mass is 343 g/mol. The van der Waals surface area contributed by atoms with Gasteiger partial charge in [0.1, 0.15) is 11.9 Å². The molecule has 134 valence electrons. The first kappa shape index (κ1) is 18.9. The highest BCUT2D eigenvalue weighted by Gasteiger charge is 2.22. The fourth-order valence-electron chi connectivity index (χ4n) is 2.75. The Balaban J connectivity index is 1.95. The maximum absolute atomic E-state index is 13.5. The van der Waals surface area contributed by atoms with E-state index in [1.807, 2.05) is 33.1 Å². The van der Waals surface area contributed by atoms with Gasteiger partial charge in [0.15, 0.2) is 0 Å². The molecule has 0 aromatic heterocycles. The molecule has 0 bridgehead atoms. The Kier molecular flexibility index (Phi) is 6.53. The van der Waals surface area contributed by atoms with E-state index >= 15 is 0 Å². The molecule has 0 spiro atoms. The summed E-state index contributed by atoms with van der Waals surface area (Å²) in [7, 11) is 7.64. The molecule has 1 unspecified atom stereocenters. The molecule has 1 amide bonds. The lowest BCUT2D eigenvalue weighted by atomic mass is 10.0. The maximum Gasteiger partial charge on any atom is 0.241 e. The van der Waals surface area contributed by atoms with Crippen LogP contribution >= 0.6 is 0 Å². The van der Waals surface area contributed by atoms with Crippen LogP contribution in [0.2, 0.25) is 0 Å². The number of nitrogens with zero attached hydrogens (tertiary/aromatic N) is 2. The highest BCUT2D eigenvalue weighted by atomic mass is 19.1. The van der Waals surface area contributed by atoms with Crippen LogP contribution in [0.25, 0.3) is 0 Å². The lowest BCUT2D eigenvalue weighted by molar-refractivity contribution is -0.125. The van der Waals surface area contributed by atoms with E-state index in [-0.39, 0.29) is 11.7 Å². The number of anilines is 1. The van der Waals surface area contributed by atoms with Crippen molar-refractivity contribution in [2.75, 3.05) is 39.6 Å². The fourth-order valence-corrected chi connectivity index (χ4v) is 2.75. The van der Waals surface area contributed by atoms with Gasteiger partial charge < -0.3 is 10.2 Å². The Labute approximate surface area is 149 Å². The minimum Gasteiger partial charge on any atom is -0.378 e. The Morgan fingerprint density at radius 2 is 1.76 bits per heavy atom. The number of carbonyl (C=O) groups is 1. The summed E-state index contributed by atoms with van der Waals surface area (Å²) in [5, 5.41) is 2.95. The smallest absolute Gasteiger partial charge is 0.241 e. The van der Waals surface area contributed by atoms with Crippen LogP contribution in [0.3, 0.4) is 0 Å². The SMILES string of the molecule is CN(C)c1ccc(CCNC(=O)C(c2cccc(F)c2)N(C)C)cc1. The summed E-state index contributed by atoms with van der Waals surface area (Å²) in [5.74, 6) is -0.460. The van der Waals surface area contributed by atoms with Crippen molar-refractivity contribution in [3.05, 3.63) is 65.5 Å². The molecule has 1 N–H and O–H groups in total. The number of benzene rings is 2. The van der Waals surface area contributed by atoms with Gasteiger partial charge in [0, 0.05) is 26.3 Å².